The summed E-state index contributed by atoms with van der Waals surface area (Å²) in [5.74, 6) is 1.94. The summed E-state index contributed by atoms with van der Waals surface area (Å²) in [7, 11) is 0. The predicted molar refractivity (Wildman–Crippen MR) is 99.0 cm³/mol. The lowest BCUT2D eigenvalue weighted by Crippen LogP contribution is -2.40. The lowest BCUT2D eigenvalue weighted by Gasteiger charge is -2.35. The number of H-pyrrole nitrogens is 1. The maximum Gasteiger partial charge on any atom is 0.256 e. The molecular weight excluding hydrogens is 322 g/mol. The maximum absolute atomic E-state index is 12.6. The Hall–Kier alpha value is -1.81. The van der Waals surface area contributed by atoms with E-state index in [2.05, 4.69) is 28.7 Å². The van der Waals surface area contributed by atoms with Crippen molar-refractivity contribution in [2.45, 2.75) is 33.6 Å². The molecule has 4 nitrogen and oxygen atoms in total. The van der Waals surface area contributed by atoms with Crippen molar-refractivity contribution >= 4 is 17.5 Å². The van der Waals surface area contributed by atoms with Crippen LogP contribution in [0, 0.1) is 18.8 Å². The summed E-state index contributed by atoms with van der Waals surface area (Å²) in [5, 5.41) is 0.700. The van der Waals surface area contributed by atoms with Crippen LogP contribution in [0.3, 0.4) is 0 Å². The van der Waals surface area contributed by atoms with Crippen LogP contribution in [0.5, 0.6) is 0 Å². The summed E-state index contributed by atoms with van der Waals surface area (Å²) in [6.45, 7) is 8.32. The van der Waals surface area contributed by atoms with Gasteiger partial charge in [0.05, 0.1) is 5.69 Å². The molecule has 128 valence electrons. The minimum Gasteiger partial charge on any atom is -0.342 e. The quantitative estimate of drug-likeness (QED) is 0.920. The number of nitrogens with one attached hydrogen (secondary N) is 1. The SMILES string of the molecule is Cc1nc(N2CC(C)CC(C)C2)[nH]c(=O)c1Cc1ccc(Cl)cc1. The minimum absolute atomic E-state index is 0.0432. The van der Waals surface area contributed by atoms with Crippen molar-refractivity contribution in [3.63, 3.8) is 0 Å². The summed E-state index contributed by atoms with van der Waals surface area (Å²) in [4.78, 5) is 22.5. The Labute approximate surface area is 147 Å². The highest BCUT2D eigenvalue weighted by atomic mass is 35.5. The highest BCUT2D eigenvalue weighted by molar-refractivity contribution is 6.30. The van der Waals surface area contributed by atoms with Crippen LogP contribution < -0.4 is 10.5 Å². The molecule has 0 aliphatic carbocycles. The fourth-order valence-electron chi connectivity index (χ4n) is 3.60. The molecule has 0 radical (unpaired) electrons. The molecule has 0 saturated carbocycles. The van der Waals surface area contributed by atoms with E-state index < -0.39 is 0 Å². The number of benzene rings is 1. The smallest absolute Gasteiger partial charge is 0.256 e. The molecule has 2 aromatic rings. The van der Waals surface area contributed by atoms with Gasteiger partial charge in [-0.3, -0.25) is 9.78 Å². The van der Waals surface area contributed by atoms with Gasteiger partial charge in [-0.05, 0) is 42.9 Å². The van der Waals surface area contributed by atoms with E-state index in [9.17, 15) is 4.79 Å². The lowest BCUT2D eigenvalue weighted by molar-refractivity contribution is 0.353. The second kappa shape index (κ2) is 6.98. The zero-order chi connectivity index (χ0) is 17.3. The molecule has 1 aliphatic heterocycles. The number of aromatic nitrogens is 2. The van der Waals surface area contributed by atoms with Crippen molar-refractivity contribution in [2.75, 3.05) is 18.0 Å². The Morgan fingerprint density at radius 1 is 1.21 bits per heavy atom. The molecule has 1 aliphatic rings. The zero-order valence-corrected chi connectivity index (χ0v) is 15.2. The van der Waals surface area contributed by atoms with Crippen LogP contribution in [0.4, 0.5) is 5.95 Å². The molecule has 0 amide bonds. The van der Waals surface area contributed by atoms with Crippen molar-refractivity contribution in [2.24, 2.45) is 11.8 Å². The van der Waals surface area contributed by atoms with E-state index >= 15 is 0 Å². The van der Waals surface area contributed by atoms with Gasteiger partial charge in [-0.15, -0.1) is 0 Å². The number of hydrogen-bond donors (Lipinski definition) is 1. The molecule has 0 bridgehead atoms. The first-order valence-electron chi connectivity index (χ1n) is 8.51. The number of hydrogen-bond acceptors (Lipinski definition) is 3. The summed E-state index contributed by atoms with van der Waals surface area (Å²) < 4.78 is 0. The number of aryl methyl sites for hydroxylation is 1. The van der Waals surface area contributed by atoms with Gasteiger partial charge in [0.2, 0.25) is 5.95 Å². The van der Waals surface area contributed by atoms with E-state index in [1.807, 2.05) is 31.2 Å². The molecule has 2 atom stereocenters. The largest absolute Gasteiger partial charge is 0.342 e. The lowest BCUT2D eigenvalue weighted by atomic mass is 9.92. The van der Waals surface area contributed by atoms with Crippen LogP contribution in [-0.2, 0) is 6.42 Å². The Bertz CT molecular complexity index is 759. The summed E-state index contributed by atoms with van der Waals surface area (Å²) in [6, 6.07) is 7.59. The number of anilines is 1. The van der Waals surface area contributed by atoms with E-state index in [1.165, 1.54) is 6.42 Å². The van der Waals surface area contributed by atoms with Gasteiger partial charge in [0.1, 0.15) is 0 Å². The van der Waals surface area contributed by atoms with E-state index in [0.717, 1.165) is 29.9 Å². The van der Waals surface area contributed by atoms with E-state index in [0.29, 0.717) is 29.2 Å². The molecule has 24 heavy (non-hydrogen) atoms. The Balaban J connectivity index is 1.86. The minimum atomic E-state index is -0.0432. The fraction of sp³-hybridized carbons (Fsp3) is 0.474. The second-order valence-electron chi connectivity index (χ2n) is 7.11. The Morgan fingerprint density at radius 2 is 1.83 bits per heavy atom. The van der Waals surface area contributed by atoms with Crippen LogP contribution >= 0.6 is 11.6 Å². The standard InChI is InChI=1S/C19H24ClN3O/c1-12-8-13(2)11-23(10-12)19-21-14(3)17(18(24)22-19)9-15-4-6-16(20)7-5-15/h4-7,12-13H,8-11H2,1-3H3,(H,21,22,24). The van der Waals surface area contributed by atoms with Gasteiger partial charge < -0.3 is 4.90 Å². The van der Waals surface area contributed by atoms with Crippen LogP contribution in [0.25, 0.3) is 0 Å². The molecule has 2 unspecified atom stereocenters. The highest BCUT2D eigenvalue weighted by Crippen LogP contribution is 2.24. The maximum atomic E-state index is 12.6. The second-order valence-corrected chi connectivity index (χ2v) is 7.54. The number of halogens is 1. The van der Waals surface area contributed by atoms with Gasteiger partial charge in [0.15, 0.2) is 0 Å². The number of nitrogens with zero attached hydrogens (tertiary/aromatic N) is 2. The van der Waals surface area contributed by atoms with Gasteiger partial charge >= 0.3 is 0 Å². The molecule has 1 saturated heterocycles. The number of rotatable bonds is 3. The first kappa shape index (κ1) is 17.0. The van der Waals surface area contributed by atoms with E-state index in [4.69, 9.17) is 11.6 Å². The Kier molecular flexibility index (Phi) is 4.95. The molecule has 3 rings (SSSR count). The van der Waals surface area contributed by atoms with Crippen molar-refractivity contribution in [1.29, 1.82) is 0 Å². The monoisotopic (exact) mass is 345 g/mol. The van der Waals surface area contributed by atoms with Gasteiger partial charge in [-0.2, -0.15) is 0 Å². The molecule has 1 fully saturated rings. The van der Waals surface area contributed by atoms with E-state index in [-0.39, 0.29) is 5.56 Å². The first-order valence-corrected chi connectivity index (χ1v) is 8.89. The average molecular weight is 346 g/mol. The summed E-state index contributed by atoms with van der Waals surface area (Å²) in [6.07, 6.45) is 1.80. The van der Waals surface area contributed by atoms with Gasteiger partial charge in [0.25, 0.3) is 5.56 Å². The third kappa shape index (κ3) is 3.81. The van der Waals surface area contributed by atoms with Crippen LogP contribution in [0.15, 0.2) is 29.1 Å². The summed E-state index contributed by atoms with van der Waals surface area (Å²) >= 11 is 5.92. The normalized spacial score (nSPS) is 21.1. The zero-order valence-electron chi connectivity index (χ0n) is 14.5. The van der Waals surface area contributed by atoms with Crippen molar-refractivity contribution < 1.29 is 0 Å². The predicted octanol–water partition coefficient (Wildman–Crippen LogP) is 3.80. The van der Waals surface area contributed by atoms with E-state index in [1.54, 1.807) is 0 Å². The third-order valence-corrected chi connectivity index (χ3v) is 4.92. The fourth-order valence-corrected chi connectivity index (χ4v) is 3.72. The van der Waals surface area contributed by atoms with Crippen molar-refractivity contribution in [3.05, 3.63) is 56.5 Å². The molecule has 1 N–H and O–H groups in total. The molecule has 2 heterocycles. The third-order valence-electron chi connectivity index (χ3n) is 4.67. The molecular formula is C19H24ClN3O. The van der Waals surface area contributed by atoms with Crippen LogP contribution in [0.1, 0.15) is 37.1 Å². The molecule has 1 aromatic heterocycles. The Morgan fingerprint density at radius 3 is 2.42 bits per heavy atom. The molecule has 1 aromatic carbocycles. The molecule has 0 spiro atoms. The van der Waals surface area contributed by atoms with Gasteiger partial charge in [-0.25, -0.2) is 4.98 Å². The molecule has 5 heteroatoms. The highest BCUT2D eigenvalue weighted by Gasteiger charge is 2.24. The average Bonchev–Trinajstić information content (AvgIpc) is 2.51. The number of piperidine rings is 1. The number of aromatic amines is 1. The first-order chi connectivity index (χ1) is 11.4. The van der Waals surface area contributed by atoms with Crippen molar-refractivity contribution in [3.8, 4) is 0 Å². The van der Waals surface area contributed by atoms with Gasteiger partial charge in [0, 0.05) is 30.1 Å². The summed E-state index contributed by atoms with van der Waals surface area (Å²) in [5.41, 5.74) is 2.54. The van der Waals surface area contributed by atoms with Crippen LogP contribution in [0.2, 0.25) is 5.02 Å². The van der Waals surface area contributed by atoms with Gasteiger partial charge in [-0.1, -0.05) is 37.6 Å². The van der Waals surface area contributed by atoms with Crippen LogP contribution in [-0.4, -0.2) is 23.1 Å². The van der Waals surface area contributed by atoms with Crippen molar-refractivity contribution in [1.82, 2.24) is 9.97 Å². The topological polar surface area (TPSA) is 49.0 Å².